The van der Waals surface area contributed by atoms with Gasteiger partial charge in [0.05, 0.1) is 6.54 Å². The van der Waals surface area contributed by atoms with Crippen LogP contribution in [0.1, 0.15) is 6.42 Å². The van der Waals surface area contributed by atoms with Crippen molar-refractivity contribution in [2.75, 3.05) is 13.1 Å². The number of halogens is 1. The molecule has 9 heavy (non-hydrogen) atoms. The number of carbonyl (C=O) groups is 1. The Labute approximate surface area is 53.0 Å². The summed E-state index contributed by atoms with van der Waals surface area (Å²) in [6.45, 7) is 0.806. The first-order chi connectivity index (χ1) is 4.33. The highest BCUT2D eigenvalue weighted by molar-refractivity contribution is 5.48. The predicted molar refractivity (Wildman–Crippen MR) is 31.4 cm³/mol. The Morgan fingerprint density at radius 1 is 1.78 bits per heavy atom. The summed E-state index contributed by atoms with van der Waals surface area (Å²) < 4.78 is 12.3. The van der Waals surface area contributed by atoms with Gasteiger partial charge in [-0.1, -0.05) is 0 Å². The van der Waals surface area contributed by atoms with E-state index in [-0.39, 0.29) is 12.4 Å². The Morgan fingerprint density at radius 3 is 3.00 bits per heavy atom. The molecule has 0 spiro atoms. The lowest BCUT2D eigenvalue weighted by Gasteiger charge is -2.18. The summed E-state index contributed by atoms with van der Waals surface area (Å²) in [5.41, 5.74) is 0. The molecule has 0 aliphatic carbocycles. The number of hydrogen-bond acceptors (Lipinski definition) is 1. The topological polar surface area (TPSA) is 20.3 Å². The van der Waals surface area contributed by atoms with E-state index in [0.29, 0.717) is 19.4 Å². The van der Waals surface area contributed by atoms with Gasteiger partial charge in [0.2, 0.25) is 6.41 Å². The molecule has 1 aliphatic heterocycles. The lowest BCUT2D eigenvalue weighted by atomic mass is 10.2. The predicted octanol–water partition coefficient (Wildman–Crippen LogP) is 0.702. The van der Waals surface area contributed by atoms with Gasteiger partial charge in [-0.05, 0) is 12.5 Å². The van der Waals surface area contributed by atoms with Crippen LogP contribution in [0.5, 0.6) is 0 Å². The summed E-state index contributed by atoms with van der Waals surface area (Å²) in [6, 6.07) is 0. The van der Waals surface area contributed by atoms with Crippen molar-refractivity contribution in [1.82, 2.24) is 4.90 Å². The van der Waals surface area contributed by atoms with Gasteiger partial charge in [-0.15, -0.1) is 0 Å². The number of hydrogen-bond donors (Lipinski definition) is 0. The van der Waals surface area contributed by atoms with Crippen molar-refractivity contribution in [1.29, 1.82) is 0 Å². The first-order valence-electron chi connectivity index (χ1n) is 2.87. The highest BCUT2D eigenvalue weighted by Crippen LogP contribution is 2.07. The molecule has 1 rings (SSSR count). The molecule has 0 fully saturated rings. The van der Waals surface area contributed by atoms with Crippen LogP contribution in [0, 0.1) is 0 Å². The highest BCUT2D eigenvalue weighted by Gasteiger charge is 2.08. The maximum atomic E-state index is 12.3. The van der Waals surface area contributed by atoms with Crippen LogP contribution in [0.2, 0.25) is 0 Å². The van der Waals surface area contributed by atoms with Gasteiger partial charge in [0.15, 0.2) is 0 Å². The Balaban J connectivity index is 2.48. The molecule has 2 nitrogen and oxygen atoms in total. The summed E-state index contributed by atoms with van der Waals surface area (Å²) in [5.74, 6) is -0.201. The second kappa shape index (κ2) is 2.62. The van der Waals surface area contributed by atoms with E-state index in [4.69, 9.17) is 0 Å². The average Bonchev–Trinajstić information content (AvgIpc) is 1.88. The summed E-state index contributed by atoms with van der Waals surface area (Å²) in [5, 5.41) is 0. The van der Waals surface area contributed by atoms with Crippen LogP contribution in [0.3, 0.4) is 0 Å². The quantitative estimate of drug-likeness (QED) is 0.477. The number of rotatable bonds is 1. The largest absolute Gasteiger partial charge is 0.338 e. The normalized spacial score (nSPS) is 19.2. The molecule has 0 unspecified atom stereocenters. The van der Waals surface area contributed by atoms with Crippen LogP contribution in [0.4, 0.5) is 4.39 Å². The summed E-state index contributed by atoms with van der Waals surface area (Å²) in [7, 11) is 0. The molecule has 50 valence electrons. The fourth-order valence-electron chi connectivity index (χ4n) is 0.815. The lowest BCUT2D eigenvalue weighted by Crippen LogP contribution is -2.27. The zero-order valence-corrected chi connectivity index (χ0v) is 5.01. The van der Waals surface area contributed by atoms with Crippen LogP contribution in [-0.2, 0) is 4.79 Å². The monoisotopic (exact) mass is 129 g/mol. The van der Waals surface area contributed by atoms with E-state index in [0.717, 1.165) is 0 Å². The van der Waals surface area contributed by atoms with Crippen molar-refractivity contribution >= 4 is 6.41 Å². The zero-order valence-electron chi connectivity index (χ0n) is 5.01. The van der Waals surface area contributed by atoms with Crippen LogP contribution >= 0.6 is 0 Å². The number of amides is 1. The molecule has 0 aromatic rings. The van der Waals surface area contributed by atoms with E-state index in [1.54, 1.807) is 0 Å². The Morgan fingerprint density at radius 2 is 2.56 bits per heavy atom. The molecular formula is C6H8FNO. The Hall–Kier alpha value is -0.860. The van der Waals surface area contributed by atoms with Gasteiger partial charge in [0, 0.05) is 6.54 Å². The minimum atomic E-state index is -0.201. The maximum absolute atomic E-state index is 12.3. The van der Waals surface area contributed by atoms with E-state index in [1.807, 2.05) is 0 Å². The standard InChI is InChI=1S/C6H8FNO/c7-6-2-1-3-8(4-6)5-9/h2,5H,1,3-4H2. The van der Waals surface area contributed by atoms with Gasteiger partial charge in [-0.3, -0.25) is 4.79 Å². The molecule has 0 atom stereocenters. The van der Waals surface area contributed by atoms with Crippen LogP contribution in [-0.4, -0.2) is 24.4 Å². The van der Waals surface area contributed by atoms with E-state index in [2.05, 4.69) is 0 Å². The Kier molecular flexibility index (Phi) is 1.82. The highest BCUT2D eigenvalue weighted by atomic mass is 19.1. The second-order valence-corrected chi connectivity index (χ2v) is 2.02. The lowest BCUT2D eigenvalue weighted by molar-refractivity contribution is -0.118. The second-order valence-electron chi connectivity index (χ2n) is 2.02. The zero-order chi connectivity index (χ0) is 6.69. The molecular weight excluding hydrogens is 121 g/mol. The molecule has 0 N–H and O–H groups in total. The number of carbonyl (C=O) groups excluding carboxylic acids is 1. The average molecular weight is 129 g/mol. The third kappa shape index (κ3) is 1.52. The van der Waals surface area contributed by atoms with E-state index in [1.165, 1.54) is 11.0 Å². The molecule has 1 amide bonds. The van der Waals surface area contributed by atoms with Crippen LogP contribution < -0.4 is 0 Å². The van der Waals surface area contributed by atoms with E-state index >= 15 is 0 Å². The van der Waals surface area contributed by atoms with Gasteiger partial charge >= 0.3 is 0 Å². The van der Waals surface area contributed by atoms with Crippen molar-refractivity contribution in [3.8, 4) is 0 Å². The van der Waals surface area contributed by atoms with Gasteiger partial charge in [0.1, 0.15) is 5.83 Å². The number of nitrogens with zero attached hydrogens (tertiary/aromatic N) is 1. The van der Waals surface area contributed by atoms with Gasteiger partial charge in [0.25, 0.3) is 0 Å². The van der Waals surface area contributed by atoms with Gasteiger partial charge in [-0.2, -0.15) is 0 Å². The van der Waals surface area contributed by atoms with Crippen LogP contribution in [0.25, 0.3) is 0 Å². The molecule has 1 aliphatic rings. The van der Waals surface area contributed by atoms with E-state index in [9.17, 15) is 9.18 Å². The minimum absolute atomic E-state index is 0.156. The minimum Gasteiger partial charge on any atom is -0.338 e. The van der Waals surface area contributed by atoms with Crippen molar-refractivity contribution in [3.05, 3.63) is 11.9 Å². The smallest absolute Gasteiger partial charge is 0.210 e. The molecule has 0 saturated heterocycles. The summed E-state index contributed by atoms with van der Waals surface area (Å²) in [6.07, 6.45) is 2.83. The van der Waals surface area contributed by atoms with Crippen molar-refractivity contribution in [2.24, 2.45) is 0 Å². The maximum Gasteiger partial charge on any atom is 0.210 e. The van der Waals surface area contributed by atoms with Crippen LogP contribution in [0.15, 0.2) is 11.9 Å². The fourth-order valence-corrected chi connectivity index (χ4v) is 0.815. The molecule has 1 heterocycles. The third-order valence-corrected chi connectivity index (χ3v) is 1.29. The molecule has 3 heteroatoms. The molecule has 0 bridgehead atoms. The fraction of sp³-hybridized carbons (Fsp3) is 0.500. The van der Waals surface area contributed by atoms with Crippen molar-refractivity contribution in [2.45, 2.75) is 6.42 Å². The van der Waals surface area contributed by atoms with E-state index < -0.39 is 0 Å². The Bertz CT molecular complexity index is 144. The molecule has 0 saturated carbocycles. The first-order valence-corrected chi connectivity index (χ1v) is 2.87. The van der Waals surface area contributed by atoms with Crippen molar-refractivity contribution in [3.63, 3.8) is 0 Å². The molecule has 0 aromatic carbocycles. The van der Waals surface area contributed by atoms with Gasteiger partial charge in [-0.25, -0.2) is 4.39 Å². The summed E-state index contributed by atoms with van der Waals surface area (Å²) in [4.78, 5) is 11.4. The van der Waals surface area contributed by atoms with Gasteiger partial charge < -0.3 is 4.90 Å². The third-order valence-electron chi connectivity index (χ3n) is 1.29. The summed E-state index contributed by atoms with van der Waals surface area (Å²) >= 11 is 0. The van der Waals surface area contributed by atoms with Crippen molar-refractivity contribution < 1.29 is 9.18 Å². The molecule has 0 aromatic heterocycles. The SMILES string of the molecule is O=CN1CCC=C(F)C1. The molecule has 0 radical (unpaired) electrons. The first kappa shape index (κ1) is 6.26.